The number of hydrogen-bond donors (Lipinski definition) is 2. The van der Waals surface area contributed by atoms with E-state index >= 15 is 0 Å². The number of carbonyl (C=O) groups is 3. The maximum atomic E-state index is 12.6. The molecule has 0 spiro atoms. The van der Waals surface area contributed by atoms with Crippen LogP contribution in [0.2, 0.25) is 0 Å². The van der Waals surface area contributed by atoms with Gasteiger partial charge in [-0.1, -0.05) is 48.5 Å². The van der Waals surface area contributed by atoms with E-state index in [0.29, 0.717) is 32.2 Å². The summed E-state index contributed by atoms with van der Waals surface area (Å²) in [4.78, 5) is 38.2. The number of amides is 2. The molecule has 1 unspecified atom stereocenters. The average Bonchev–Trinajstić information content (AvgIpc) is 3.42. The highest BCUT2D eigenvalue weighted by Gasteiger charge is 2.47. The minimum absolute atomic E-state index is 0.0147. The Morgan fingerprint density at radius 1 is 1.06 bits per heavy atom. The molecule has 2 aromatic carbocycles. The third-order valence-corrected chi connectivity index (χ3v) is 7.73. The van der Waals surface area contributed by atoms with Crippen LogP contribution < -0.4 is 5.32 Å². The molecular formula is C27H30N2O6. The minimum atomic E-state index is -1.30. The Morgan fingerprint density at radius 2 is 1.69 bits per heavy atom. The number of nitrogens with one attached hydrogen (secondary N) is 1. The van der Waals surface area contributed by atoms with Gasteiger partial charge >= 0.3 is 12.1 Å². The first-order valence-electron chi connectivity index (χ1n) is 12.1. The van der Waals surface area contributed by atoms with Gasteiger partial charge in [-0.2, -0.15) is 0 Å². The molecule has 184 valence electrons. The first-order chi connectivity index (χ1) is 16.9. The second-order valence-electron chi connectivity index (χ2n) is 9.78. The molecule has 1 atom stereocenters. The number of benzene rings is 2. The molecule has 3 aliphatic rings. The van der Waals surface area contributed by atoms with Crippen molar-refractivity contribution in [3.63, 3.8) is 0 Å². The molecular weight excluding hydrogens is 448 g/mol. The van der Waals surface area contributed by atoms with Crippen molar-refractivity contribution in [2.75, 3.05) is 26.8 Å². The Kier molecular flexibility index (Phi) is 6.23. The Hall–Kier alpha value is -3.39. The molecule has 5 rings (SSSR count). The van der Waals surface area contributed by atoms with E-state index in [9.17, 15) is 19.5 Å². The van der Waals surface area contributed by atoms with Crippen LogP contribution in [-0.4, -0.2) is 66.4 Å². The van der Waals surface area contributed by atoms with Crippen molar-refractivity contribution >= 4 is 18.0 Å². The lowest BCUT2D eigenvalue weighted by Crippen LogP contribution is -2.47. The van der Waals surface area contributed by atoms with Crippen molar-refractivity contribution in [2.45, 2.75) is 43.2 Å². The lowest BCUT2D eigenvalue weighted by atomic mass is 9.78. The number of nitrogens with zero attached hydrogens (tertiary/aromatic N) is 1. The van der Waals surface area contributed by atoms with Gasteiger partial charge in [-0.25, -0.2) is 9.59 Å². The maximum absolute atomic E-state index is 12.6. The fourth-order valence-electron chi connectivity index (χ4n) is 5.63. The molecule has 1 heterocycles. The van der Waals surface area contributed by atoms with Gasteiger partial charge in [-0.3, -0.25) is 4.79 Å². The van der Waals surface area contributed by atoms with Crippen LogP contribution in [-0.2, 0) is 19.1 Å². The van der Waals surface area contributed by atoms with Crippen LogP contribution in [0.15, 0.2) is 48.5 Å². The Bertz CT molecular complexity index is 1100. The molecule has 2 aromatic rings. The highest BCUT2D eigenvalue weighted by atomic mass is 16.5. The standard InChI is InChI=1S/C27H30N2O6/c1-34-27(25(31)32)10-11-29(16-27)24(30)14-17-12-18(13-17)28-26(33)35-15-23-21-8-4-2-6-19(21)20-7-3-5-9-22(20)23/h2-9,17-18,23H,10-16H2,1H3,(H,28,33)(H,31,32). The highest BCUT2D eigenvalue weighted by molar-refractivity contribution is 5.83. The van der Waals surface area contributed by atoms with Crippen molar-refractivity contribution in [3.05, 3.63) is 59.7 Å². The van der Waals surface area contributed by atoms with Crippen molar-refractivity contribution in [1.29, 1.82) is 0 Å². The summed E-state index contributed by atoms with van der Waals surface area (Å²) in [5.41, 5.74) is 3.42. The molecule has 1 aliphatic heterocycles. The Labute approximate surface area is 204 Å². The molecule has 2 fully saturated rings. The van der Waals surface area contributed by atoms with E-state index in [-0.39, 0.29) is 36.9 Å². The van der Waals surface area contributed by atoms with E-state index in [4.69, 9.17) is 9.47 Å². The third-order valence-electron chi connectivity index (χ3n) is 7.73. The zero-order chi connectivity index (χ0) is 24.6. The number of likely N-dealkylation sites (tertiary alicyclic amines) is 1. The topological polar surface area (TPSA) is 105 Å². The molecule has 2 aliphatic carbocycles. The van der Waals surface area contributed by atoms with Gasteiger partial charge in [0.15, 0.2) is 5.60 Å². The second kappa shape index (κ2) is 9.34. The zero-order valence-corrected chi connectivity index (χ0v) is 19.7. The zero-order valence-electron chi connectivity index (χ0n) is 19.7. The lowest BCUT2D eigenvalue weighted by molar-refractivity contribution is -0.161. The summed E-state index contributed by atoms with van der Waals surface area (Å²) in [6.07, 6.45) is 1.62. The predicted molar refractivity (Wildman–Crippen MR) is 128 cm³/mol. The summed E-state index contributed by atoms with van der Waals surface area (Å²) < 4.78 is 10.8. The van der Waals surface area contributed by atoms with E-state index in [1.807, 2.05) is 24.3 Å². The number of methoxy groups -OCH3 is 1. The maximum Gasteiger partial charge on any atom is 0.407 e. The molecule has 0 aromatic heterocycles. The van der Waals surface area contributed by atoms with E-state index in [1.165, 1.54) is 29.4 Å². The predicted octanol–water partition coefficient (Wildman–Crippen LogP) is 3.40. The highest BCUT2D eigenvalue weighted by Crippen LogP contribution is 2.44. The number of rotatable bonds is 7. The molecule has 1 saturated heterocycles. The van der Waals surface area contributed by atoms with Crippen LogP contribution in [0.5, 0.6) is 0 Å². The second-order valence-corrected chi connectivity index (χ2v) is 9.78. The number of carbonyl (C=O) groups excluding carboxylic acids is 2. The van der Waals surface area contributed by atoms with Crippen LogP contribution in [0.4, 0.5) is 4.79 Å². The van der Waals surface area contributed by atoms with Crippen LogP contribution >= 0.6 is 0 Å². The number of aliphatic carboxylic acids is 1. The van der Waals surface area contributed by atoms with Crippen molar-refractivity contribution < 1.29 is 29.0 Å². The SMILES string of the molecule is COC1(C(=O)O)CCN(C(=O)CC2CC(NC(=O)OCC3c4ccccc4-c4ccccc43)C2)C1. The molecule has 8 heteroatoms. The van der Waals surface area contributed by atoms with Crippen molar-refractivity contribution in [2.24, 2.45) is 5.92 Å². The van der Waals surface area contributed by atoms with Gasteiger partial charge in [0.25, 0.3) is 0 Å². The van der Waals surface area contributed by atoms with E-state index in [0.717, 1.165) is 0 Å². The summed E-state index contributed by atoms with van der Waals surface area (Å²) >= 11 is 0. The summed E-state index contributed by atoms with van der Waals surface area (Å²) in [5, 5.41) is 12.3. The molecule has 8 nitrogen and oxygen atoms in total. The number of hydrogen-bond acceptors (Lipinski definition) is 5. The van der Waals surface area contributed by atoms with Crippen LogP contribution in [0.1, 0.15) is 42.7 Å². The summed E-state index contributed by atoms with van der Waals surface area (Å²) in [5.74, 6) is -0.907. The number of carboxylic acids is 1. The quantitative estimate of drug-likeness (QED) is 0.632. The molecule has 0 radical (unpaired) electrons. The van der Waals surface area contributed by atoms with Crippen LogP contribution in [0.3, 0.4) is 0 Å². The molecule has 35 heavy (non-hydrogen) atoms. The summed E-state index contributed by atoms with van der Waals surface area (Å²) in [6.45, 7) is 0.729. The van der Waals surface area contributed by atoms with Gasteiger partial charge in [0.1, 0.15) is 6.61 Å². The normalized spacial score (nSPS) is 24.9. The number of ether oxygens (including phenoxy) is 2. The molecule has 1 saturated carbocycles. The Balaban J connectivity index is 1.07. The first kappa shape index (κ1) is 23.4. The van der Waals surface area contributed by atoms with Crippen molar-refractivity contribution in [1.82, 2.24) is 10.2 Å². The van der Waals surface area contributed by atoms with E-state index in [1.54, 1.807) is 4.90 Å². The number of fused-ring (bicyclic) bond motifs is 3. The van der Waals surface area contributed by atoms with Gasteiger partial charge in [-0.05, 0) is 41.0 Å². The van der Waals surface area contributed by atoms with Gasteiger partial charge < -0.3 is 24.8 Å². The van der Waals surface area contributed by atoms with Gasteiger partial charge in [0.05, 0.1) is 6.54 Å². The monoisotopic (exact) mass is 478 g/mol. The number of carboxylic acid groups (broad SMARTS) is 1. The van der Waals surface area contributed by atoms with Crippen molar-refractivity contribution in [3.8, 4) is 11.1 Å². The third kappa shape index (κ3) is 4.38. The average molecular weight is 479 g/mol. The summed E-state index contributed by atoms with van der Waals surface area (Å²) in [7, 11) is 1.37. The summed E-state index contributed by atoms with van der Waals surface area (Å²) in [6, 6.07) is 16.4. The lowest BCUT2D eigenvalue weighted by Gasteiger charge is -2.36. The first-order valence-corrected chi connectivity index (χ1v) is 12.1. The fourth-order valence-corrected chi connectivity index (χ4v) is 5.63. The van der Waals surface area contributed by atoms with E-state index in [2.05, 4.69) is 29.6 Å². The Morgan fingerprint density at radius 3 is 2.26 bits per heavy atom. The smallest absolute Gasteiger partial charge is 0.407 e. The van der Waals surface area contributed by atoms with Gasteiger partial charge in [0.2, 0.25) is 5.91 Å². The largest absolute Gasteiger partial charge is 0.479 e. The van der Waals surface area contributed by atoms with E-state index < -0.39 is 17.7 Å². The van der Waals surface area contributed by atoms with Crippen LogP contribution in [0.25, 0.3) is 11.1 Å². The molecule has 2 N–H and O–H groups in total. The number of alkyl carbamates (subject to hydrolysis) is 1. The van der Waals surface area contributed by atoms with Crippen LogP contribution in [0, 0.1) is 5.92 Å². The fraction of sp³-hybridized carbons (Fsp3) is 0.444. The molecule has 0 bridgehead atoms. The van der Waals surface area contributed by atoms with Gasteiger partial charge in [-0.15, -0.1) is 0 Å². The van der Waals surface area contributed by atoms with Gasteiger partial charge in [0, 0.05) is 38.5 Å². The minimum Gasteiger partial charge on any atom is -0.479 e. The molecule has 2 amide bonds.